The number of likely N-dealkylation sites (tertiary alicyclic amines) is 1. The Hall–Kier alpha value is -3.73. The van der Waals surface area contributed by atoms with E-state index in [1.54, 1.807) is 11.0 Å². The minimum absolute atomic E-state index is 0.0815. The Kier molecular flexibility index (Phi) is 8.15. The van der Waals surface area contributed by atoms with E-state index >= 15 is 0 Å². The number of carbonyl (C=O) groups excluding carboxylic acids is 2. The summed E-state index contributed by atoms with van der Waals surface area (Å²) < 4.78 is 41.4. The van der Waals surface area contributed by atoms with Gasteiger partial charge in [-0.15, -0.1) is 0 Å². The van der Waals surface area contributed by atoms with E-state index in [1.807, 2.05) is 54.8 Å². The fraction of sp³-hybridized carbons (Fsp3) is 0.407. The first kappa shape index (κ1) is 27.3. The largest absolute Gasteiger partial charge is 0.433 e. The van der Waals surface area contributed by atoms with E-state index in [0.717, 1.165) is 42.6 Å². The van der Waals surface area contributed by atoms with Crippen molar-refractivity contribution in [3.05, 3.63) is 65.5 Å². The van der Waals surface area contributed by atoms with Crippen molar-refractivity contribution in [3.63, 3.8) is 0 Å². The van der Waals surface area contributed by atoms with Crippen LogP contribution in [0.2, 0.25) is 0 Å². The van der Waals surface area contributed by atoms with Crippen LogP contribution in [0.4, 0.5) is 19.1 Å². The van der Waals surface area contributed by atoms with Gasteiger partial charge in [0, 0.05) is 37.5 Å². The summed E-state index contributed by atoms with van der Waals surface area (Å²) in [5, 5.41) is 2.73. The monoisotopic (exact) mass is 528 g/mol. The Labute approximate surface area is 219 Å². The minimum atomic E-state index is -4.67. The van der Waals surface area contributed by atoms with Gasteiger partial charge in [0.2, 0.25) is 11.9 Å². The third-order valence-electron chi connectivity index (χ3n) is 6.50. The Bertz CT molecular complexity index is 1350. The summed E-state index contributed by atoms with van der Waals surface area (Å²) in [6, 6.07) is 7.39. The number of benzene rings is 1. The molecule has 3 heterocycles. The smallest absolute Gasteiger partial charge is 0.337 e. The standard InChI is InChI=1S/C27H31F3N6O2/c1-18-8-6-10-21-24(18)36(20-9-4-5-15-35(17-20)23(37)11-7-14-34(2)3)26(32-21)33-25(38)19-12-13-31-22(16-19)27(28,29)30/h6-8,10-13,16,20H,4-5,9,14-15,17H2,1-3H3,(H,32,33,38)/t20-/m0/s1. The summed E-state index contributed by atoms with van der Waals surface area (Å²) in [6.07, 6.45) is 2.17. The van der Waals surface area contributed by atoms with Gasteiger partial charge in [0.25, 0.3) is 5.91 Å². The number of amides is 2. The summed E-state index contributed by atoms with van der Waals surface area (Å²) in [5.41, 5.74) is 1.09. The Morgan fingerprint density at radius 3 is 2.74 bits per heavy atom. The number of imidazole rings is 1. The minimum Gasteiger partial charge on any atom is -0.337 e. The topological polar surface area (TPSA) is 83.4 Å². The number of likely N-dealkylation sites (N-methyl/N-ethyl adjacent to an activating group) is 1. The van der Waals surface area contributed by atoms with Gasteiger partial charge >= 0.3 is 6.18 Å². The van der Waals surface area contributed by atoms with E-state index in [1.165, 1.54) is 6.07 Å². The molecule has 1 saturated heterocycles. The predicted octanol–water partition coefficient (Wildman–Crippen LogP) is 4.68. The fourth-order valence-electron chi connectivity index (χ4n) is 4.67. The van der Waals surface area contributed by atoms with Crippen LogP contribution < -0.4 is 5.32 Å². The van der Waals surface area contributed by atoms with E-state index in [0.29, 0.717) is 25.2 Å². The molecule has 1 aliphatic heterocycles. The third kappa shape index (κ3) is 6.21. The molecular weight excluding hydrogens is 497 g/mol. The molecule has 1 aliphatic rings. The van der Waals surface area contributed by atoms with Crippen LogP contribution in [0.15, 0.2) is 48.7 Å². The number of aromatic nitrogens is 3. The summed E-state index contributed by atoms with van der Waals surface area (Å²) in [7, 11) is 3.85. The average Bonchev–Trinajstić information content (AvgIpc) is 3.05. The number of carbonyl (C=O) groups is 2. The van der Waals surface area contributed by atoms with Crippen molar-refractivity contribution >= 4 is 28.8 Å². The number of fused-ring (bicyclic) bond motifs is 1. The molecule has 1 atom stereocenters. The zero-order valence-electron chi connectivity index (χ0n) is 21.6. The number of nitrogens with one attached hydrogen (secondary N) is 1. The lowest BCUT2D eigenvalue weighted by Gasteiger charge is -2.26. The molecule has 38 heavy (non-hydrogen) atoms. The zero-order chi connectivity index (χ0) is 27.4. The number of hydrogen-bond donors (Lipinski definition) is 1. The molecule has 0 spiro atoms. The maximum Gasteiger partial charge on any atom is 0.433 e. The van der Waals surface area contributed by atoms with Crippen molar-refractivity contribution in [1.29, 1.82) is 0 Å². The summed E-state index contributed by atoms with van der Waals surface area (Å²) in [6.45, 7) is 3.62. The highest BCUT2D eigenvalue weighted by Crippen LogP contribution is 2.32. The summed E-state index contributed by atoms with van der Waals surface area (Å²) >= 11 is 0. The summed E-state index contributed by atoms with van der Waals surface area (Å²) in [4.78, 5) is 37.8. The molecule has 0 aliphatic carbocycles. The number of halogens is 3. The van der Waals surface area contributed by atoms with Gasteiger partial charge in [-0.1, -0.05) is 18.2 Å². The van der Waals surface area contributed by atoms with Crippen LogP contribution in [-0.4, -0.2) is 69.9 Å². The van der Waals surface area contributed by atoms with Crippen LogP contribution in [0.5, 0.6) is 0 Å². The normalized spacial score (nSPS) is 16.8. The first-order valence-corrected chi connectivity index (χ1v) is 12.5. The number of nitrogens with zero attached hydrogens (tertiary/aromatic N) is 5. The number of para-hydroxylation sites is 1. The number of rotatable bonds is 6. The van der Waals surface area contributed by atoms with Crippen molar-refractivity contribution in [2.45, 2.75) is 38.4 Å². The Balaban J connectivity index is 1.68. The molecule has 202 valence electrons. The quantitative estimate of drug-likeness (QED) is 0.470. The van der Waals surface area contributed by atoms with E-state index < -0.39 is 17.8 Å². The van der Waals surface area contributed by atoms with Gasteiger partial charge in [0.05, 0.1) is 17.1 Å². The number of hydrogen-bond acceptors (Lipinski definition) is 5. The van der Waals surface area contributed by atoms with Crippen LogP contribution in [0, 0.1) is 6.92 Å². The summed E-state index contributed by atoms with van der Waals surface area (Å²) in [5.74, 6) is -0.575. The molecule has 1 aromatic carbocycles. The molecule has 3 aromatic rings. The number of aryl methyl sites for hydroxylation is 1. The van der Waals surface area contributed by atoms with Crippen molar-refractivity contribution in [3.8, 4) is 0 Å². The highest BCUT2D eigenvalue weighted by atomic mass is 19.4. The number of anilines is 1. The molecule has 11 heteroatoms. The van der Waals surface area contributed by atoms with Crippen molar-refractivity contribution in [2.24, 2.45) is 0 Å². The molecule has 1 N–H and O–H groups in total. The van der Waals surface area contributed by atoms with Gasteiger partial charge in [-0.2, -0.15) is 13.2 Å². The molecule has 0 bridgehead atoms. The lowest BCUT2D eigenvalue weighted by molar-refractivity contribution is -0.141. The molecule has 8 nitrogen and oxygen atoms in total. The van der Waals surface area contributed by atoms with Crippen LogP contribution in [-0.2, 0) is 11.0 Å². The lowest BCUT2D eigenvalue weighted by atomic mass is 10.1. The van der Waals surface area contributed by atoms with E-state index in [-0.39, 0.29) is 23.5 Å². The number of alkyl halides is 3. The molecule has 0 saturated carbocycles. The van der Waals surface area contributed by atoms with Gasteiger partial charge < -0.3 is 14.4 Å². The second-order valence-corrected chi connectivity index (χ2v) is 9.73. The van der Waals surface area contributed by atoms with Crippen LogP contribution >= 0.6 is 0 Å². The van der Waals surface area contributed by atoms with Gasteiger partial charge in [0.1, 0.15) is 5.69 Å². The van der Waals surface area contributed by atoms with Crippen LogP contribution in [0.1, 0.15) is 46.9 Å². The lowest BCUT2D eigenvalue weighted by Crippen LogP contribution is -2.35. The predicted molar refractivity (Wildman–Crippen MR) is 139 cm³/mol. The highest BCUT2D eigenvalue weighted by molar-refractivity contribution is 6.04. The molecule has 2 aromatic heterocycles. The second kappa shape index (κ2) is 11.3. The first-order chi connectivity index (χ1) is 18.0. The van der Waals surface area contributed by atoms with Gasteiger partial charge in [-0.25, -0.2) is 4.98 Å². The van der Waals surface area contributed by atoms with Gasteiger partial charge in [-0.3, -0.25) is 19.9 Å². The maximum atomic E-state index is 13.2. The maximum absolute atomic E-state index is 13.2. The molecule has 2 amide bonds. The molecule has 0 radical (unpaired) electrons. The van der Waals surface area contributed by atoms with Gasteiger partial charge in [-0.05, 0) is 64.0 Å². The zero-order valence-corrected chi connectivity index (χ0v) is 21.6. The third-order valence-corrected chi connectivity index (χ3v) is 6.50. The van der Waals surface area contributed by atoms with Gasteiger partial charge in [0.15, 0.2) is 0 Å². The Morgan fingerprint density at radius 1 is 1.21 bits per heavy atom. The van der Waals surface area contributed by atoms with Crippen molar-refractivity contribution in [2.75, 3.05) is 39.0 Å². The molecule has 1 fully saturated rings. The van der Waals surface area contributed by atoms with Crippen LogP contribution in [0.25, 0.3) is 11.0 Å². The second-order valence-electron chi connectivity index (χ2n) is 9.73. The van der Waals surface area contributed by atoms with Crippen molar-refractivity contribution in [1.82, 2.24) is 24.3 Å². The van der Waals surface area contributed by atoms with Crippen LogP contribution in [0.3, 0.4) is 0 Å². The molecule has 0 unspecified atom stereocenters. The van der Waals surface area contributed by atoms with E-state index in [9.17, 15) is 22.8 Å². The molecular formula is C27H31F3N6O2. The average molecular weight is 529 g/mol. The van der Waals surface area contributed by atoms with Crippen molar-refractivity contribution < 1.29 is 22.8 Å². The highest BCUT2D eigenvalue weighted by Gasteiger charge is 2.33. The number of pyridine rings is 1. The SMILES string of the molecule is Cc1cccc2nc(NC(=O)c3ccnc(C(F)(F)F)c3)n([C@H]3CCCCN(C(=O)C=CCN(C)C)C3)c12. The van der Waals surface area contributed by atoms with E-state index in [2.05, 4.69) is 15.3 Å². The Morgan fingerprint density at radius 2 is 2.00 bits per heavy atom. The first-order valence-electron chi connectivity index (χ1n) is 12.5. The van der Waals surface area contributed by atoms with E-state index in [4.69, 9.17) is 0 Å². The fourth-order valence-corrected chi connectivity index (χ4v) is 4.67. The molecule has 4 rings (SSSR count).